The van der Waals surface area contributed by atoms with Gasteiger partial charge in [-0.2, -0.15) is 0 Å². The van der Waals surface area contributed by atoms with Crippen LogP contribution in [0.2, 0.25) is 0 Å². The molecule has 0 aromatic carbocycles. The Morgan fingerprint density at radius 3 is 2.44 bits per heavy atom. The highest BCUT2D eigenvalue weighted by molar-refractivity contribution is 5.99. The van der Waals surface area contributed by atoms with Crippen molar-refractivity contribution in [3.8, 4) is 0 Å². The van der Waals surface area contributed by atoms with Gasteiger partial charge in [-0.25, -0.2) is 0 Å². The monoisotopic (exact) mass is 217 g/mol. The molecular formula is C13H15NO2. The van der Waals surface area contributed by atoms with E-state index in [1.165, 1.54) is 0 Å². The van der Waals surface area contributed by atoms with E-state index in [0.717, 1.165) is 54.5 Å². The van der Waals surface area contributed by atoms with Gasteiger partial charge in [0.05, 0.1) is 0 Å². The van der Waals surface area contributed by atoms with E-state index in [4.69, 9.17) is 0 Å². The number of nitrogens with zero attached hydrogens (tertiary/aromatic N) is 1. The molecule has 2 aliphatic carbocycles. The number of Topliss-reactive ketones (excluding diaryl/α,β-unsaturated/α-hetero) is 1. The minimum atomic E-state index is 0.126. The van der Waals surface area contributed by atoms with Gasteiger partial charge in [0.15, 0.2) is 5.78 Å². The van der Waals surface area contributed by atoms with Gasteiger partial charge >= 0.3 is 0 Å². The molecule has 0 aliphatic heterocycles. The third kappa shape index (κ3) is 1.14. The highest BCUT2D eigenvalue weighted by Crippen LogP contribution is 2.29. The van der Waals surface area contributed by atoms with Crippen molar-refractivity contribution in [3.05, 3.63) is 32.7 Å². The fourth-order valence-corrected chi connectivity index (χ4v) is 3.09. The number of hydrogen-bond acceptors (Lipinski definition) is 2. The molecule has 1 aromatic heterocycles. The van der Waals surface area contributed by atoms with Crippen LogP contribution in [0.4, 0.5) is 0 Å². The summed E-state index contributed by atoms with van der Waals surface area (Å²) in [6.45, 7) is 0. The number of hydrogen-bond donors (Lipinski definition) is 0. The van der Waals surface area contributed by atoms with E-state index in [2.05, 4.69) is 0 Å². The second kappa shape index (κ2) is 3.30. The minimum Gasteiger partial charge on any atom is -0.315 e. The van der Waals surface area contributed by atoms with Gasteiger partial charge in [0.1, 0.15) is 0 Å². The zero-order chi connectivity index (χ0) is 11.3. The number of pyridine rings is 1. The lowest BCUT2D eigenvalue weighted by Gasteiger charge is -2.21. The lowest BCUT2D eigenvalue weighted by molar-refractivity contribution is 0.0969. The Hall–Kier alpha value is -1.38. The van der Waals surface area contributed by atoms with E-state index in [1.807, 2.05) is 0 Å². The molecular weight excluding hydrogens is 202 g/mol. The summed E-state index contributed by atoms with van der Waals surface area (Å²) in [6.07, 6.45) is 5.20. The number of ketones is 1. The topological polar surface area (TPSA) is 39.1 Å². The maximum Gasteiger partial charge on any atom is 0.253 e. The van der Waals surface area contributed by atoms with Gasteiger partial charge in [-0.15, -0.1) is 0 Å². The summed E-state index contributed by atoms with van der Waals surface area (Å²) in [5.74, 6) is 0.245. The first-order valence-electron chi connectivity index (χ1n) is 5.97. The van der Waals surface area contributed by atoms with Gasteiger partial charge in [0, 0.05) is 30.3 Å². The van der Waals surface area contributed by atoms with Crippen LogP contribution in [0.15, 0.2) is 4.79 Å². The normalized spacial score (nSPS) is 18.4. The van der Waals surface area contributed by atoms with Gasteiger partial charge in [-0.3, -0.25) is 9.59 Å². The molecule has 84 valence electrons. The van der Waals surface area contributed by atoms with E-state index in [1.54, 1.807) is 11.6 Å². The third-order valence-electron chi connectivity index (χ3n) is 3.87. The largest absolute Gasteiger partial charge is 0.315 e. The lowest BCUT2D eigenvalue weighted by atomic mass is 9.89. The Bertz CT molecular complexity index is 536. The summed E-state index contributed by atoms with van der Waals surface area (Å²) < 4.78 is 1.70. The van der Waals surface area contributed by atoms with Crippen molar-refractivity contribution >= 4 is 5.78 Å². The van der Waals surface area contributed by atoms with Gasteiger partial charge in [-0.1, -0.05) is 0 Å². The Morgan fingerprint density at radius 2 is 1.62 bits per heavy atom. The molecule has 0 fully saturated rings. The summed E-state index contributed by atoms with van der Waals surface area (Å²) >= 11 is 0. The highest BCUT2D eigenvalue weighted by Gasteiger charge is 2.29. The molecule has 0 amide bonds. The molecule has 0 unspecified atom stereocenters. The molecule has 0 atom stereocenters. The van der Waals surface area contributed by atoms with Crippen LogP contribution in [0.25, 0.3) is 0 Å². The lowest BCUT2D eigenvalue weighted by Crippen LogP contribution is -2.30. The number of rotatable bonds is 0. The van der Waals surface area contributed by atoms with Gasteiger partial charge in [0.2, 0.25) is 0 Å². The van der Waals surface area contributed by atoms with Crippen LogP contribution in [0.1, 0.15) is 46.4 Å². The molecule has 3 heteroatoms. The molecule has 0 bridgehead atoms. The molecule has 16 heavy (non-hydrogen) atoms. The van der Waals surface area contributed by atoms with Crippen LogP contribution in [-0.2, 0) is 26.3 Å². The second-order valence-corrected chi connectivity index (χ2v) is 4.77. The summed E-state index contributed by atoms with van der Waals surface area (Å²) in [6, 6.07) is 0. The summed E-state index contributed by atoms with van der Waals surface area (Å²) in [5, 5.41) is 0. The number of fused-ring (bicyclic) bond motifs is 3. The summed E-state index contributed by atoms with van der Waals surface area (Å²) in [5.41, 5.74) is 3.96. The summed E-state index contributed by atoms with van der Waals surface area (Å²) in [4.78, 5) is 24.1. The van der Waals surface area contributed by atoms with Gasteiger partial charge in [-0.05, 0) is 37.7 Å². The van der Waals surface area contributed by atoms with Crippen LogP contribution in [0.3, 0.4) is 0 Å². The van der Waals surface area contributed by atoms with Crippen LogP contribution in [-0.4, -0.2) is 10.4 Å². The van der Waals surface area contributed by atoms with E-state index in [-0.39, 0.29) is 11.3 Å². The predicted molar refractivity (Wildman–Crippen MR) is 61.0 cm³/mol. The van der Waals surface area contributed by atoms with Gasteiger partial charge < -0.3 is 4.57 Å². The van der Waals surface area contributed by atoms with E-state index in [0.29, 0.717) is 6.42 Å². The van der Waals surface area contributed by atoms with Crippen LogP contribution in [0.5, 0.6) is 0 Å². The maximum absolute atomic E-state index is 12.1. The zero-order valence-corrected chi connectivity index (χ0v) is 9.51. The molecule has 0 saturated carbocycles. The minimum absolute atomic E-state index is 0.126. The third-order valence-corrected chi connectivity index (χ3v) is 3.87. The zero-order valence-electron chi connectivity index (χ0n) is 9.51. The Labute approximate surface area is 94.1 Å². The van der Waals surface area contributed by atoms with E-state index >= 15 is 0 Å². The number of carbonyl (C=O) groups is 1. The molecule has 3 nitrogen and oxygen atoms in total. The molecule has 2 aliphatic rings. The standard InChI is InChI=1S/C13H15NO2/c1-14-10-6-3-7-11(15)12(10)8-4-2-5-9(8)13(14)16/h2-7H2,1H3. The molecule has 1 aromatic rings. The van der Waals surface area contributed by atoms with Crippen molar-refractivity contribution in [3.63, 3.8) is 0 Å². The van der Waals surface area contributed by atoms with Crippen LogP contribution >= 0.6 is 0 Å². The highest BCUT2D eigenvalue weighted by atomic mass is 16.1. The van der Waals surface area contributed by atoms with Gasteiger partial charge in [0.25, 0.3) is 5.56 Å². The number of aromatic nitrogens is 1. The average Bonchev–Trinajstić information content (AvgIpc) is 2.74. The van der Waals surface area contributed by atoms with Crippen molar-refractivity contribution < 1.29 is 4.79 Å². The van der Waals surface area contributed by atoms with Crippen LogP contribution in [0, 0.1) is 0 Å². The number of carbonyl (C=O) groups excluding carboxylic acids is 1. The Kier molecular flexibility index (Phi) is 2.03. The Balaban J connectivity index is 2.40. The summed E-state index contributed by atoms with van der Waals surface area (Å²) in [7, 11) is 1.80. The molecule has 1 heterocycles. The first-order valence-corrected chi connectivity index (χ1v) is 5.97. The van der Waals surface area contributed by atoms with E-state index < -0.39 is 0 Å². The molecule has 0 saturated heterocycles. The quantitative estimate of drug-likeness (QED) is 0.658. The second-order valence-electron chi connectivity index (χ2n) is 4.77. The molecule has 0 radical (unpaired) electrons. The average molecular weight is 217 g/mol. The predicted octanol–water partition coefficient (Wildman–Crippen LogP) is 1.39. The maximum atomic E-state index is 12.1. The Morgan fingerprint density at radius 1 is 0.938 bits per heavy atom. The van der Waals surface area contributed by atoms with Crippen molar-refractivity contribution in [2.45, 2.75) is 38.5 Å². The van der Waals surface area contributed by atoms with Crippen molar-refractivity contribution in [2.75, 3.05) is 0 Å². The van der Waals surface area contributed by atoms with Crippen molar-refractivity contribution in [1.82, 2.24) is 4.57 Å². The van der Waals surface area contributed by atoms with Crippen LogP contribution < -0.4 is 5.56 Å². The van der Waals surface area contributed by atoms with Crippen molar-refractivity contribution in [2.24, 2.45) is 7.05 Å². The smallest absolute Gasteiger partial charge is 0.253 e. The first kappa shape index (κ1) is 9.82. The molecule has 3 rings (SSSR count). The van der Waals surface area contributed by atoms with Crippen molar-refractivity contribution in [1.29, 1.82) is 0 Å². The first-order chi connectivity index (χ1) is 7.70. The fourth-order valence-electron chi connectivity index (χ4n) is 3.09. The SMILES string of the molecule is Cn1c2c(c3c(c1=O)CCC3)C(=O)CCC2. The molecule has 0 spiro atoms. The van der Waals surface area contributed by atoms with E-state index in [9.17, 15) is 9.59 Å². The fraction of sp³-hybridized carbons (Fsp3) is 0.538. The molecule has 0 N–H and O–H groups in total.